The van der Waals surface area contributed by atoms with Crippen LogP contribution in [0.4, 0.5) is 0 Å². The van der Waals surface area contributed by atoms with Crippen molar-refractivity contribution in [1.29, 1.82) is 0 Å². The van der Waals surface area contributed by atoms with E-state index in [-0.39, 0.29) is 11.5 Å². The molecule has 0 rings (SSSR count). The van der Waals surface area contributed by atoms with E-state index in [1.807, 2.05) is 0 Å². The number of hydrogen-bond donors (Lipinski definition) is 2. The Morgan fingerprint density at radius 1 is 1.60 bits per heavy atom. The van der Waals surface area contributed by atoms with E-state index >= 15 is 0 Å². The molecule has 0 bridgehead atoms. The number of ketones is 1. The highest BCUT2D eigenvalue weighted by Crippen LogP contribution is 1.93. The van der Waals surface area contributed by atoms with Gasteiger partial charge in [-0.2, -0.15) is 0 Å². The van der Waals surface area contributed by atoms with E-state index < -0.39 is 0 Å². The van der Waals surface area contributed by atoms with Crippen molar-refractivity contribution >= 4 is 5.78 Å². The Morgan fingerprint density at radius 3 is 2.40 bits per heavy atom. The molecule has 0 aromatic rings. The number of rotatable bonds is 3. The molecule has 0 aromatic heterocycles. The molecule has 0 unspecified atom stereocenters. The number of carbonyl (C=O) groups excluding carboxylic acids is 1. The molecule has 0 amide bonds. The summed E-state index contributed by atoms with van der Waals surface area (Å²) in [6.07, 6.45) is 1.48. The van der Waals surface area contributed by atoms with Gasteiger partial charge in [0.15, 0.2) is 5.78 Å². The molecule has 0 heterocycles. The summed E-state index contributed by atoms with van der Waals surface area (Å²) in [5.41, 5.74) is 6.26. The summed E-state index contributed by atoms with van der Waals surface area (Å²) in [7, 11) is 0. The van der Waals surface area contributed by atoms with E-state index in [0.717, 1.165) is 0 Å². The third kappa shape index (κ3) is 2.35. The predicted molar refractivity (Wildman–Crippen MR) is 40.9 cm³/mol. The predicted octanol–water partition coefficient (Wildman–Crippen LogP) is 0.499. The van der Waals surface area contributed by atoms with E-state index in [0.29, 0.717) is 5.70 Å². The Bertz CT molecular complexity index is 182. The van der Waals surface area contributed by atoms with Crippen molar-refractivity contribution in [2.45, 2.75) is 13.8 Å². The minimum Gasteiger partial charge on any atom is -0.394 e. The maximum atomic E-state index is 10.6. The third-order valence-corrected chi connectivity index (χ3v) is 1.10. The zero-order chi connectivity index (χ0) is 8.15. The minimum absolute atomic E-state index is 0.133. The third-order valence-electron chi connectivity index (χ3n) is 1.10. The molecule has 56 valence electrons. The number of carbonyl (C=O) groups is 1. The zero-order valence-corrected chi connectivity index (χ0v) is 6.27. The van der Waals surface area contributed by atoms with Gasteiger partial charge in [0.05, 0.1) is 5.70 Å². The lowest BCUT2D eigenvalue weighted by Crippen LogP contribution is -2.15. The first kappa shape index (κ1) is 8.75. The van der Waals surface area contributed by atoms with Crippen LogP contribution in [-0.2, 0) is 4.79 Å². The molecule has 0 fully saturated rings. The van der Waals surface area contributed by atoms with Crippen LogP contribution < -0.4 is 11.1 Å². The van der Waals surface area contributed by atoms with Crippen molar-refractivity contribution in [2.75, 3.05) is 0 Å². The van der Waals surface area contributed by atoms with Crippen LogP contribution in [0.25, 0.3) is 0 Å². The lowest BCUT2D eigenvalue weighted by atomic mass is 10.3. The number of nitrogens with two attached hydrogens (primary N) is 1. The molecule has 3 nitrogen and oxygen atoms in total. The van der Waals surface area contributed by atoms with Gasteiger partial charge in [0.25, 0.3) is 0 Å². The molecule has 3 heteroatoms. The monoisotopic (exact) mass is 140 g/mol. The van der Waals surface area contributed by atoms with E-state index in [2.05, 4.69) is 11.9 Å². The molecule has 0 spiro atoms. The zero-order valence-electron chi connectivity index (χ0n) is 6.27. The molecule has 10 heavy (non-hydrogen) atoms. The van der Waals surface area contributed by atoms with Crippen LogP contribution in [0.2, 0.25) is 0 Å². The van der Waals surface area contributed by atoms with Crippen molar-refractivity contribution in [3.05, 3.63) is 24.2 Å². The molecule has 0 aliphatic rings. The van der Waals surface area contributed by atoms with Crippen LogP contribution in [-0.4, -0.2) is 5.78 Å². The lowest BCUT2D eigenvalue weighted by Gasteiger charge is -2.02. The van der Waals surface area contributed by atoms with E-state index in [1.165, 1.54) is 13.1 Å². The topological polar surface area (TPSA) is 55.1 Å². The molecule has 0 aromatic carbocycles. The summed E-state index contributed by atoms with van der Waals surface area (Å²) in [5.74, 6) is -0.133. The quantitative estimate of drug-likeness (QED) is 0.561. The SMILES string of the molecule is C=CN/C(C)=C(\N)C(C)=O. The van der Waals surface area contributed by atoms with Gasteiger partial charge in [-0.3, -0.25) is 4.79 Å². The van der Waals surface area contributed by atoms with Gasteiger partial charge < -0.3 is 11.1 Å². The van der Waals surface area contributed by atoms with Gasteiger partial charge in [0.1, 0.15) is 0 Å². The van der Waals surface area contributed by atoms with Gasteiger partial charge in [-0.25, -0.2) is 0 Å². The van der Waals surface area contributed by atoms with Gasteiger partial charge in [-0.05, 0) is 13.1 Å². The summed E-state index contributed by atoms with van der Waals surface area (Å²) >= 11 is 0. The van der Waals surface area contributed by atoms with Crippen LogP contribution >= 0.6 is 0 Å². The second kappa shape index (κ2) is 3.71. The molecular weight excluding hydrogens is 128 g/mol. The summed E-state index contributed by atoms with van der Waals surface area (Å²) in [6.45, 7) is 6.57. The van der Waals surface area contributed by atoms with E-state index in [9.17, 15) is 4.79 Å². The van der Waals surface area contributed by atoms with Gasteiger partial charge >= 0.3 is 0 Å². The lowest BCUT2D eigenvalue weighted by molar-refractivity contribution is -0.113. The number of allylic oxidation sites excluding steroid dienone is 2. The smallest absolute Gasteiger partial charge is 0.177 e. The largest absolute Gasteiger partial charge is 0.394 e. The van der Waals surface area contributed by atoms with E-state index in [4.69, 9.17) is 5.73 Å². The average Bonchev–Trinajstić information content (AvgIpc) is 1.87. The molecule has 0 aliphatic heterocycles. The number of hydrogen-bond acceptors (Lipinski definition) is 3. The minimum atomic E-state index is -0.133. The van der Waals surface area contributed by atoms with Gasteiger partial charge in [-0.1, -0.05) is 6.58 Å². The van der Waals surface area contributed by atoms with Crippen LogP contribution in [0.5, 0.6) is 0 Å². The van der Waals surface area contributed by atoms with Gasteiger partial charge in [-0.15, -0.1) is 0 Å². The highest BCUT2D eigenvalue weighted by molar-refractivity contribution is 5.92. The Kier molecular flexibility index (Phi) is 3.25. The normalized spacial score (nSPS) is 11.8. The Balaban J connectivity index is 4.33. The van der Waals surface area contributed by atoms with E-state index in [1.54, 1.807) is 6.92 Å². The van der Waals surface area contributed by atoms with Crippen molar-refractivity contribution in [1.82, 2.24) is 5.32 Å². The van der Waals surface area contributed by atoms with Crippen molar-refractivity contribution in [3.63, 3.8) is 0 Å². The maximum Gasteiger partial charge on any atom is 0.177 e. The average molecular weight is 140 g/mol. The maximum absolute atomic E-state index is 10.6. The highest BCUT2D eigenvalue weighted by Gasteiger charge is 1.99. The molecule has 0 atom stereocenters. The molecular formula is C7H12N2O. The fraction of sp³-hybridized carbons (Fsp3) is 0.286. The van der Waals surface area contributed by atoms with Crippen molar-refractivity contribution in [2.24, 2.45) is 5.73 Å². The molecule has 0 saturated carbocycles. The second-order valence-corrected chi connectivity index (χ2v) is 1.94. The fourth-order valence-electron chi connectivity index (χ4n) is 0.495. The number of Topliss-reactive ketones (excluding diaryl/α,β-unsaturated/α-hetero) is 1. The molecule has 0 saturated heterocycles. The Morgan fingerprint density at radius 2 is 2.10 bits per heavy atom. The second-order valence-electron chi connectivity index (χ2n) is 1.94. The van der Waals surface area contributed by atoms with Crippen molar-refractivity contribution < 1.29 is 4.79 Å². The van der Waals surface area contributed by atoms with Gasteiger partial charge in [0.2, 0.25) is 0 Å². The van der Waals surface area contributed by atoms with Crippen LogP contribution in [0.1, 0.15) is 13.8 Å². The fourth-order valence-corrected chi connectivity index (χ4v) is 0.495. The van der Waals surface area contributed by atoms with Crippen LogP contribution in [0.3, 0.4) is 0 Å². The standard InChI is InChI=1S/C7H12N2O/c1-4-9-5(2)7(8)6(3)10/h4,9H,1,8H2,2-3H3/b7-5-. The summed E-state index contributed by atoms with van der Waals surface area (Å²) in [4.78, 5) is 10.6. The van der Waals surface area contributed by atoms with Crippen molar-refractivity contribution in [3.8, 4) is 0 Å². The molecule has 0 radical (unpaired) electrons. The summed E-state index contributed by atoms with van der Waals surface area (Å²) in [6, 6.07) is 0. The first-order valence-corrected chi connectivity index (χ1v) is 2.94. The Hall–Kier alpha value is -1.25. The molecule has 3 N–H and O–H groups in total. The molecule has 0 aliphatic carbocycles. The van der Waals surface area contributed by atoms with Gasteiger partial charge in [0, 0.05) is 12.6 Å². The Labute approximate surface area is 60.6 Å². The highest BCUT2D eigenvalue weighted by atomic mass is 16.1. The van der Waals surface area contributed by atoms with Crippen LogP contribution in [0, 0.1) is 0 Å². The first-order chi connectivity index (χ1) is 4.59. The summed E-state index contributed by atoms with van der Waals surface area (Å²) < 4.78 is 0. The first-order valence-electron chi connectivity index (χ1n) is 2.94. The number of nitrogens with one attached hydrogen (secondary N) is 1. The van der Waals surface area contributed by atoms with Crippen LogP contribution in [0.15, 0.2) is 24.2 Å². The summed E-state index contributed by atoms with van der Waals surface area (Å²) in [5, 5.41) is 2.72.